The maximum Gasteiger partial charge on any atom is 0.150 e. The van der Waals surface area contributed by atoms with Gasteiger partial charge in [-0.25, -0.2) is 8.42 Å². The highest BCUT2D eigenvalue weighted by atomic mass is 32.2. The third-order valence-electron chi connectivity index (χ3n) is 5.12. The predicted molar refractivity (Wildman–Crippen MR) is 75.1 cm³/mol. The summed E-state index contributed by atoms with van der Waals surface area (Å²) in [4.78, 5) is 0. The fourth-order valence-electron chi connectivity index (χ4n) is 4.04. The summed E-state index contributed by atoms with van der Waals surface area (Å²) in [5.74, 6) is 0.396. The molecule has 0 spiro atoms. The molecule has 2 fully saturated rings. The van der Waals surface area contributed by atoms with Gasteiger partial charge in [-0.1, -0.05) is 20.3 Å². The first-order chi connectivity index (χ1) is 8.12. The topological polar surface area (TPSA) is 60.2 Å². The van der Waals surface area contributed by atoms with Gasteiger partial charge in [0.05, 0.1) is 5.25 Å². The quantitative estimate of drug-likeness (QED) is 0.841. The fourth-order valence-corrected chi connectivity index (χ4v) is 5.22. The second-order valence-electron chi connectivity index (χ2n) is 7.39. The molecule has 0 radical (unpaired) electrons. The van der Waals surface area contributed by atoms with Crippen molar-refractivity contribution in [2.24, 2.45) is 17.1 Å². The van der Waals surface area contributed by atoms with Crippen molar-refractivity contribution >= 4 is 9.84 Å². The van der Waals surface area contributed by atoms with E-state index in [0.29, 0.717) is 11.3 Å². The first-order valence-corrected chi connectivity index (χ1v) is 9.06. The van der Waals surface area contributed by atoms with Gasteiger partial charge in [-0.05, 0) is 49.9 Å². The summed E-state index contributed by atoms with van der Waals surface area (Å²) in [5.41, 5.74) is 6.83. The Labute approximate surface area is 111 Å². The monoisotopic (exact) mass is 273 g/mol. The number of hydrogen-bond donors (Lipinski definition) is 1. The summed E-state index contributed by atoms with van der Waals surface area (Å²) in [6.45, 7) is 4.55. The molecule has 0 heterocycles. The van der Waals surface area contributed by atoms with Gasteiger partial charge in [-0.15, -0.1) is 0 Å². The lowest BCUT2D eigenvalue weighted by atomic mass is 9.72. The van der Waals surface area contributed by atoms with Gasteiger partial charge in [0.2, 0.25) is 0 Å². The molecular weight excluding hydrogens is 246 g/mol. The molecule has 2 rings (SSSR count). The highest BCUT2D eigenvalue weighted by Gasteiger charge is 2.47. The SMILES string of the molecule is CC1(C)CCC(N)(C2CCCC(S(C)(=O)=O)C2)C1. The van der Waals surface area contributed by atoms with E-state index < -0.39 is 9.84 Å². The van der Waals surface area contributed by atoms with Crippen LogP contribution in [0.5, 0.6) is 0 Å². The third kappa shape index (κ3) is 2.90. The number of rotatable bonds is 2. The van der Waals surface area contributed by atoms with Gasteiger partial charge in [0, 0.05) is 11.8 Å². The van der Waals surface area contributed by atoms with E-state index in [2.05, 4.69) is 13.8 Å². The van der Waals surface area contributed by atoms with E-state index >= 15 is 0 Å². The third-order valence-corrected chi connectivity index (χ3v) is 6.76. The van der Waals surface area contributed by atoms with Crippen molar-refractivity contribution in [2.45, 2.75) is 69.6 Å². The minimum Gasteiger partial charge on any atom is -0.325 e. The largest absolute Gasteiger partial charge is 0.325 e. The smallest absolute Gasteiger partial charge is 0.150 e. The Kier molecular flexibility index (Phi) is 3.56. The molecule has 0 bridgehead atoms. The van der Waals surface area contributed by atoms with Crippen LogP contribution in [-0.4, -0.2) is 25.5 Å². The van der Waals surface area contributed by atoms with Gasteiger partial charge in [0.1, 0.15) is 9.84 Å². The van der Waals surface area contributed by atoms with Gasteiger partial charge in [-0.3, -0.25) is 0 Å². The Morgan fingerprint density at radius 2 is 1.83 bits per heavy atom. The lowest BCUT2D eigenvalue weighted by Crippen LogP contribution is -2.48. The maximum atomic E-state index is 11.7. The van der Waals surface area contributed by atoms with Gasteiger partial charge in [0.15, 0.2) is 0 Å². The van der Waals surface area contributed by atoms with Crippen molar-refractivity contribution in [3.05, 3.63) is 0 Å². The van der Waals surface area contributed by atoms with Crippen LogP contribution in [0.4, 0.5) is 0 Å². The predicted octanol–water partition coefficient (Wildman–Crippen LogP) is 2.50. The highest BCUT2D eigenvalue weighted by molar-refractivity contribution is 7.91. The van der Waals surface area contributed by atoms with Crippen molar-refractivity contribution in [3.8, 4) is 0 Å². The molecule has 0 aromatic heterocycles. The average Bonchev–Trinajstić information content (AvgIpc) is 2.53. The molecule has 4 heteroatoms. The molecule has 0 aromatic carbocycles. The molecule has 3 nitrogen and oxygen atoms in total. The summed E-state index contributed by atoms with van der Waals surface area (Å²) in [6.07, 6.45) is 8.38. The average molecular weight is 273 g/mol. The van der Waals surface area contributed by atoms with Crippen molar-refractivity contribution < 1.29 is 8.42 Å². The van der Waals surface area contributed by atoms with E-state index in [-0.39, 0.29) is 10.8 Å². The number of nitrogens with two attached hydrogens (primary N) is 1. The van der Waals surface area contributed by atoms with Crippen LogP contribution in [-0.2, 0) is 9.84 Å². The molecule has 106 valence electrons. The first kappa shape index (κ1) is 14.3. The van der Waals surface area contributed by atoms with E-state index in [1.165, 1.54) is 12.7 Å². The molecule has 0 amide bonds. The minimum absolute atomic E-state index is 0.118. The lowest BCUT2D eigenvalue weighted by Gasteiger charge is -2.40. The summed E-state index contributed by atoms with van der Waals surface area (Å²) < 4.78 is 23.5. The van der Waals surface area contributed by atoms with Crippen LogP contribution in [0.2, 0.25) is 0 Å². The Morgan fingerprint density at radius 3 is 2.33 bits per heavy atom. The van der Waals surface area contributed by atoms with Gasteiger partial charge in [0.25, 0.3) is 0 Å². The Bertz CT molecular complexity index is 416. The van der Waals surface area contributed by atoms with Gasteiger partial charge < -0.3 is 5.73 Å². The lowest BCUT2D eigenvalue weighted by molar-refractivity contribution is 0.194. The zero-order chi connectivity index (χ0) is 13.6. The molecule has 18 heavy (non-hydrogen) atoms. The van der Waals surface area contributed by atoms with Crippen molar-refractivity contribution in [1.82, 2.24) is 0 Å². The van der Waals surface area contributed by atoms with Gasteiger partial charge in [-0.2, -0.15) is 0 Å². The molecule has 0 aliphatic heterocycles. The summed E-state index contributed by atoms with van der Waals surface area (Å²) in [5, 5.41) is -0.152. The zero-order valence-corrected chi connectivity index (χ0v) is 12.7. The number of sulfone groups is 1. The van der Waals surface area contributed by atoms with Crippen molar-refractivity contribution in [1.29, 1.82) is 0 Å². The summed E-state index contributed by atoms with van der Waals surface area (Å²) >= 11 is 0. The van der Waals surface area contributed by atoms with E-state index in [4.69, 9.17) is 5.73 Å². The van der Waals surface area contributed by atoms with E-state index in [1.54, 1.807) is 0 Å². The normalized spacial score (nSPS) is 40.9. The standard InChI is InChI=1S/C14H27NO2S/c1-13(2)7-8-14(15,10-13)11-5-4-6-12(9-11)18(3,16)17/h11-12H,4-10,15H2,1-3H3. The van der Waals surface area contributed by atoms with E-state index in [0.717, 1.165) is 38.5 Å². The first-order valence-electron chi connectivity index (χ1n) is 7.10. The molecule has 3 atom stereocenters. The second kappa shape index (κ2) is 4.48. The van der Waals surface area contributed by atoms with Crippen LogP contribution < -0.4 is 5.73 Å². The molecule has 2 saturated carbocycles. The molecule has 3 unspecified atom stereocenters. The number of hydrogen-bond acceptors (Lipinski definition) is 3. The van der Waals surface area contributed by atoms with Crippen LogP contribution in [0.1, 0.15) is 58.8 Å². The minimum atomic E-state index is -2.90. The van der Waals surface area contributed by atoms with Crippen LogP contribution >= 0.6 is 0 Å². The molecular formula is C14H27NO2S. The molecule has 2 N–H and O–H groups in total. The Morgan fingerprint density at radius 1 is 1.17 bits per heavy atom. The van der Waals surface area contributed by atoms with Gasteiger partial charge >= 0.3 is 0 Å². The summed E-state index contributed by atoms with van der Waals surface area (Å²) in [7, 11) is -2.90. The molecule has 0 aromatic rings. The molecule has 2 aliphatic carbocycles. The van der Waals surface area contributed by atoms with Crippen LogP contribution in [0.15, 0.2) is 0 Å². The van der Waals surface area contributed by atoms with Crippen LogP contribution in [0, 0.1) is 11.3 Å². The van der Waals surface area contributed by atoms with Crippen molar-refractivity contribution in [2.75, 3.05) is 6.26 Å². The van der Waals surface area contributed by atoms with Crippen LogP contribution in [0.3, 0.4) is 0 Å². The van der Waals surface area contributed by atoms with E-state index in [9.17, 15) is 8.42 Å². The Hall–Kier alpha value is -0.0900. The zero-order valence-electron chi connectivity index (χ0n) is 11.9. The molecule has 0 saturated heterocycles. The van der Waals surface area contributed by atoms with Crippen molar-refractivity contribution in [3.63, 3.8) is 0 Å². The highest BCUT2D eigenvalue weighted by Crippen LogP contribution is 2.49. The fraction of sp³-hybridized carbons (Fsp3) is 1.00. The maximum absolute atomic E-state index is 11.7. The summed E-state index contributed by atoms with van der Waals surface area (Å²) in [6, 6.07) is 0. The second-order valence-corrected chi connectivity index (χ2v) is 9.71. The van der Waals surface area contributed by atoms with E-state index in [1.807, 2.05) is 0 Å². The van der Waals surface area contributed by atoms with Crippen LogP contribution in [0.25, 0.3) is 0 Å². The Balaban J connectivity index is 2.10. The molecule has 2 aliphatic rings.